The first kappa shape index (κ1) is 19.3. The van der Waals surface area contributed by atoms with E-state index in [-0.39, 0.29) is 25.0 Å². The summed E-state index contributed by atoms with van der Waals surface area (Å²) in [7, 11) is 1.16. The summed E-state index contributed by atoms with van der Waals surface area (Å²) >= 11 is 0. The lowest BCUT2D eigenvalue weighted by Crippen LogP contribution is -2.39. The number of carbonyl (C=O) groups is 1. The van der Waals surface area contributed by atoms with Gasteiger partial charge in [-0.3, -0.25) is 4.79 Å². The maximum absolute atomic E-state index is 12.4. The zero-order valence-electron chi connectivity index (χ0n) is 14.9. The Labute approximate surface area is 148 Å². The normalized spacial score (nSPS) is 14.3. The van der Waals surface area contributed by atoms with Crippen molar-refractivity contribution in [2.24, 2.45) is 0 Å². The third-order valence-corrected chi connectivity index (χ3v) is 5.26. The molecule has 0 unspecified atom stereocenters. The molecule has 1 aromatic rings. The van der Waals surface area contributed by atoms with E-state index in [1.165, 1.54) is 31.9 Å². The third kappa shape index (κ3) is 4.76. The summed E-state index contributed by atoms with van der Waals surface area (Å²) < 4.78 is 40.6. The van der Waals surface area contributed by atoms with Crippen LogP contribution in [0, 0.1) is 0 Å². The van der Waals surface area contributed by atoms with Gasteiger partial charge < -0.3 is 19.5 Å². The molecule has 140 valence electrons. The quantitative estimate of drug-likeness (QED) is 0.691. The highest BCUT2D eigenvalue weighted by Crippen LogP contribution is 2.38. The van der Waals surface area contributed by atoms with Crippen LogP contribution in [0.5, 0.6) is 17.2 Å². The molecule has 0 spiro atoms. The number of rotatable bonds is 9. The van der Waals surface area contributed by atoms with E-state index in [9.17, 15) is 13.2 Å². The number of benzene rings is 1. The van der Waals surface area contributed by atoms with Crippen LogP contribution in [0.4, 0.5) is 0 Å². The van der Waals surface area contributed by atoms with Crippen LogP contribution in [0.2, 0.25) is 0 Å². The van der Waals surface area contributed by atoms with E-state index in [4.69, 9.17) is 14.2 Å². The average molecular weight is 372 g/mol. The van der Waals surface area contributed by atoms with Gasteiger partial charge in [-0.2, -0.15) is 4.31 Å². The number of nitrogens with one attached hydrogen (secondary N) is 1. The fourth-order valence-electron chi connectivity index (χ4n) is 2.58. The summed E-state index contributed by atoms with van der Waals surface area (Å²) in [6.45, 7) is 0.471. The van der Waals surface area contributed by atoms with Crippen molar-refractivity contribution >= 4 is 15.9 Å². The number of ether oxygens (including phenoxy) is 3. The summed E-state index contributed by atoms with van der Waals surface area (Å²) in [6.07, 6.45) is 2.92. The number of nitrogens with zero attached hydrogens (tertiary/aromatic N) is 1. The van der Waals surface area contributed by atoms with Crippen LogP contribution in [0.3, 0.4) is 0 Å². The standard InChI is InChI=1S/C16H24N2O6S/c1-22-13-9-11(10-14(23-2)15(13)24-3)16(19)17-7-8-18(12-5-6-12)25(4,20)21/h9-10,12H,5-8H2,1-4H3,(H,17,19). The Morgan fingerprint density at radius 2 is 1.72 bits per heavy atom. The molecule has 0 heterocycles. The van der Waals surface area contributed by atoms with Gasteiger partial charge in [-0.1, -0.05) is 0 Å². The highest BCUT2D eigenvalue weighted by atomic mass is 32.2. The molecule has 0 aromatic heterocycles. The van der Waals surface area contributed by atoms with E-state index < -0.39 is 10.0 Å². The van der Waals surface area contributed by atoms with Crippen LogP contribution >= 0.6 is 0 Å². The molecule has 2 rings (SSSR count). The molecule has 25 heavy (non-hydrogen) atoms. The second kappa shape index (κ2) is 7.92. The molecule has 1 amide bonds. The van der Waals surface area contributed by atoms with Crippen molar-refractivity contribution in [3.63, 3.8) is 0 Å². The molecular weight excluding hydrogens is 348 g/mol. The highest BCUT2D eigenvalue weighted by molar-refractivity contribution is 7.88. The minimum absolute atomic E-state index is 0.0630. The summed E-state index contributed by atoms with van der Waals surface area (Å²) in [4.78, 5) is 12.4. The monoisotopic (exact) mass is 372 g/mol. The maximum Gasteiger partial charge on any atom is 0.251 e. The van der Waals surface area contributed by atoms with Gasteiger partial charge in [0.15, 0.2) is 11.5 Å². The Kier molecular flexibility index (Phi) is 6.12. The zero-order valence-corrected chi connectivity index (χ0v) is 15.7. The van der Waals surface area contributed by atoms with Crippen molar-refractivity contribution in [1.29, 1.82) is 0 Å². The second-order valence-electron chi connectivity index (χ2n) is 5.77. The molecule has 0 saturated heterocycles. The molecule has 9 heteroatoms. The summed E-state index contributed by atoms with van der Waals surface area (Å²) in [5, 5.41) is 2.73. The fourth-order valence-corrected chi connectivity index (χ4v) is 3.75. The molecule has 0 bridgehead atoms. The van der Waals surface area contributed by atoms with Crippen molar-refractivity contribution < 1.29 is 27.4 Å². The minimum Gasteiger partial charge on any atom is -0.493 e. The summed E-state index contributed by atoms with van der Waals surface area (Å²) in [5.41, 5.74) is 0.340. The molecule has 1 aliphatic carbocycles. The van der Waals surface area contributed by atoms with Crippen molar-refractivity contribution in [2.45, 2.75) is 18.9 Å². The number of methoxy groups -OCH3 is 3. The molecule has 1 aromatic carbocycles. The fraction of sp³-hybridized carbons (Fsp3) is 0.562. The average Bonchev–Trinajstić information content (AvgIpc) is 3.40. The first-order chi connectivity index (χ1) is 11.8. The van der Waals surface area contributed by atoms with Crippen LogP contribution in [-0.4, -0.2) is 65.3 Å². The summed E-state index contributed by atoms with van der Waals surface area (Å²) in [6, 6.07) is 3.16. The number of hydrogen-bond acceptors (Lipinski definition) is 6. The number of carbonyl (C=O) groups excluding carboxylic acids is 1. The van der Waals surface area contributed by atoms with Gasteiger partial charge in [-0.05, 0) is 25.0 Å². The second-order valence-corrected chi connectivity index (χ2v) is 7.71. The molecule has 1 fully saturated rings. The van der Waals surface area contributed by atoms with E-state index >= 15 is 0 Å². The predicted octanol–water partition coefficient (Wildman–Crippen LogP) is 0.866. The van der Waals surface area contributed by atoms with Crippen molar-refractivity contribution in [1.82, 2.24) is 9.62 Å². The van der Waals surface area contributed by atoms with Gasteiger partial charge >= 0.3 is 0 Å². The van der Waals surface area contributed by atoms with Gasteiger partial charge in [-0.25, -0.2) is 8.42 Å². The Hall–Kier alpha value is -2.00. The molecule has 0 radical (unpaired) electrons. The van der Waals surface area contributed by atoms with Crippen LogP contribution < -0.4 is 19.5 Å². The largest absolute Gasteiger partial charge is 0.493 e. The van der Waals surface area contributed by atoms with Crippen LogP contribution in [0.1, 0.15) is 23.2 Å². The first-order valence-corrected chi connectivity index (χ1v) is 9.71. The maximum atomic E-state index is 12.4. The summed E-state index contributed by atoms with van der Waals surface area (Å²) in [5.74, 6) is 0.813. The molecule has 1 aliphatic rings. The van der Waals surface area contributed by atoms with Crippen molar-refractivity contribution in [3.05, 3.63) is 17.7 Å². The molecule has 1 saturated carbocycles. The predicted molar refractivity (Wildman–Crippen MR) is 93.0 cm³/mol. The van der Waals surface area contributed by atoms with E-state index in [0.29, 0.717) is 22.8 Å². The lowest BCUT2D eigenvalue weighted by Gasteiger charge is -2.19. The SMILES string of the molecule is COc1cc(C(=O)NCCN(C2CC2)S(C)(=O)=O)cc(OC)c1OC. The van der Waals surface area contributed by atoms with E-state index in [1.54, 1.807) is 12.1 Å². The van der Waals surface area contributed by atoms with E-state index in [2.05, 4.69) is 5.32 Å². The van der Waals surface area contributed by atoms with Gasteiger partial charge in [0.25, 0.3) is 5.91 Å². The Balaban J connectivity index is 2.05. The molecule has 0 aliphatic heterocycles. The number of amides is 1. The first-order valence-electron chi connectivity index (χ1n) is 7.86. The Bertz CT molecular complexity index is 705. The van der Waals surface area contributed by atoms with Crippen molar-refractivity contribution in [2.75, 3.05) is 40.7 Å². The Morgan fingerprint density at radius 3 is 2.12 bits per heavy atom. The van der Waals surface area contributed by atoms with Gasteiger partial charge in [0.05, 0.1) is 27.6 Å². The van der Waals surface area contributed by atoms with Crippen molar-refractivity contribution in [3.8, 4) is 17.2 Å². The van der Waals surface area contributed by atoms with Crippen LogP contribution in [-0.2, 0) is 10.0 Å². The lowest BCUT2D eigenvalue weighted by atomic mass is 10.1. The topological polar surface area (TPSA) is 94.2 Å². The lowest BCUT2D eigenvalue weighted by molar-refractivity contribution is 0.0950. The number of sulfonamides is 1. The molecule has 0 atom stereocenters. The van der Waals surface area contributed by atoms with Crippen LogP contribution in [0.25, 0.3) is 0 Å². The van der Waals surface area contributed by atoms with Gasteiger partial charge in [0, 0.05) is 24.7 Å². The Morgan fingerprint density at radius 1 is 1.16 bits per heavy atom. The third-order valence-electron chi connectivity index (χ3n) is 3.92. The van der Waals surface area contributed by atoms with Gasteiger partial charge in [0.1, 0.15) is 0 Å². The smallest absolute Gasteiger partial charge is 0.251 e. The minimum atomic E-state index is -3.27. The number of hydrogen-bond donors (Lipinski definition) is 1. The molecule has 8 nitrogen and oxygen atoms in total. The molecule has 1 N–H and O–H groups in total. The zero-order chi connectivity index (χ0) is 18.6. The van der Waals surface area contributed by atoms with E-state index in [0.717, 1.165) is 12.8 Å². The van der Waals surface area contributed by atoms with Gasteiger partial charge in [-0.15, -0.1) is 0 Å². The van der Waals surface area contributed by atoms with Crippen LogP contribution in [0.15, 0.2) is 12.1 Å². The highest BCUT2D eigenvalue weighted by Gasteiger charge is 2.34. The van der Waals surface area contributed by atoms with Gasteiger partial charge in [0.2, 0.25) is 15.8 Å². The van der Waals surface area contributed by atoms with E-state index in [1.807, 2.05) is 0 Å². The molecular formula is C16H24N2O6S.